The molecular weight excluding hydrogens is 734 g/mol. The van der Waals surface area contributed by atoms with Crippen molar-refractivity contribution in [2.75, 3.05) is 121 Å². The number of rotatable bonds is 8. The van der Waals surface area contributed by atoms with Crippen molar-refractivity contribution in [3.05, 3.63) is 0 Å². The maximum absolute atomic E-state index is 11.7. The molecule has 0 aromatic rings. The van der Waals surface area contributed by atoms with Gasteiger partial charge in [0.15, 0.2) is 0 Å². The molecule has 0 N–H and O–H groups in total. The van der Waals surface area contributed by atoms with Crippen LogP contribution in [0.4, 0.5) is 0 Å². The molecule has 40 heavy (non-hydrogen) atoms. The number of carbonyl (C=O) groups is 2. The van der Waals surface area contributed by atoms with Crippen LogP contribution in [0.3, 0.4) is 0 Å². The van der Waals surface area contributed by atoms with Crippen molar-refractivity contribution in [3.8, 4) is 0 Å². The lowest BCUT2D eigenvalue weighted by atomic mass is 9.97. The van der Waals surface area contributed by atoms with Gasteiger partial charge in [-0.1, -0.05) is 0 Å². The minimum Gasteiger partial charge on any atom is -1.00 e. The maximum atomic E-state index is 11.7. The number of esters is 2. The summed E-state index contributed by atoms with van der Waals surface area (Å²) in [6.45, 7) is 24.5. The van der Waals surface area contributed by atoms with Gasteiger partial charge in [-0.2, -0.15) is 0 Å². The van der Waals surface area contributed by atoms with E-state index < -0.39 is 0 Å². The monoisotopic (exact) mass is 798 g/mol. The van der Waals surface area contributed by atoms with Crippen LogP contribution in [-0.2, 0) is 19.1 Å². The molecule has 2 rings (SSSR count). The fourth-order valence-electron chi connectivity index (χ4n) is 4.60. The molecule has 0 aromatic heterocycles. The first kappa shape index (κ1) is 42.4. The maximum Gasteiger partial charge on any atom is 0.311 e. The minimum atomic E-state index is -0.384. The van der Waals surface area contributed by atoms with Crippen molar-refractivity contribution in [2.45, 2.75) is 54.4 Å². The quantitative estimate of drug-likeness (QED) is 0.114. The van der Waals surface area contributed by atoms with Gasteiger partial charge in [-0.25, -0.2) is 0 Å². The molecular formula is C30H64I2N4O4+2. The molecule has 2 aliphatic heterocycles. The van der Waals surface area contributed by atoms with Gasteiger partial charge in [0, 0.05) is 12.8 Å². The smallest absolute Gasteiger partial charge is 0.311 e. The third-order valence-electron chi connectivity index (χ3n) is 8.36. The highest BCUT2D eigenvalue weighted by Crippen LogP contribution is 2.18. The molecule has 2 saturated heterocycles. The summed E-state index contributed by atoms with van der Waals surface area (Å²) in [6, 6.07) is 0. The van der Waals surface area contributed by atoms with Crippen molar-refractivity contribution >= 4 is 11.9 Å². The van der Waals surface area contributed by atoms with E-state index in [4.69, 9.17) is 9.47 Å². The molecule has 0 unspecified atom stereocenters. The van der Waals surface area contributed by atoms with E-state index in [1.807, 2.05) is 41.5 Å². The van der Waals surface area contributed by atoms with E-state index in [-0.39, 0.29) is 70.7 Å². The Hall–Kier alpha value is 0.240. The van der Waals surface area contributed by atoms with Crippen LogP contribution in [-0.4, -0.2) is 151 Å². The molecule has 2 fully saturated rings. The number of hydrogen-bond acceptors (Lipinski definition) is 4. The predicted molar refractivity (Wildman–Crippen MR) is 155 cm³/mol. The van der Waals surface area contributed by atoms with E-state index >= 15 is 0 Å². The first-order valence-corrected chi connectivity index (χ1v) is 14.7. The predicted octanol–water partition coefficient (Wildman–Crippen LogP) is -2.99. The summed E-state index contributed by atoms with van der Waals surface area (Å²) in [5, 5.41) is 0. The average molecular weight is 799 g/mol. The molecule has 240 valence electrons. The van der Waals surface area contributed by atoms with Crippen molar-refractivity contribution in [1.29, 1.82) is 0 Å². The van der Waals surface area contributed by atoms with E-state index in [1.165, 1.54) is 52.4 Å². The number of ether oxygens (including phenoxy) is 2. The summed E-state index contributed by atoms with van der Waals surface area (Å²) >= 11 is 0. The van der Waals surface area contributed by atoms with Gasteiger partial charge in [-0.15, -0.1) is 0 Å². The Bertz CT molecular complexity index is 693. The Kier molecular flexibility index (Phi) is 17.9. The van der Waals surface area contributed by atoms with Gasteiger partial charge in [0.2, 0.25) is 0 Å². The number of quaternary nitrogens is 4. The van der Waals surface area contributed by atoms with E-state index in [9.17, 15) is 9.59 Å². The molecule has 2 heterocycles. The van der Waals surface area contributed by atoms with Gasteiger partial charge in [0.05, 0.1) is 79.4 Å². The normalized spacial score (nSPS) is 20.9. The Morgan fingerprint density at radius 2 is 0.775 bits per heavy atom. The van der Waals surface area contributed by atoms with Crippen LogP contribution in [0.1, 0.15) is 54.4 Å². The second kappa shape index (κ2) is 16.9. The van der Waals surface area contributed by atoms with Gasteiger partial charge >= 0.3 is 11.9 Å². The average Bonchev–Trinajstić information content (AvgIpc) is 2.78. The molecule has 0 saturated carbocycles. The Balaban J connectivity index is 0. The first-order chi connectivity index (χ1) is 17.1. The zero-order chi connectivity index (χ0) is 29.5. The van der Waals surface area contributed by atoms with Crippen LogP contribution in [0.15, 0.2) is 0 Å². The highest BCUT2D eigenvalue weighted by Gasteiger charge is 2.35. The van der Waals surface area contributed by atoms with E-state index in [1.54, 1.807) is 0 Å². The third-order valence-corrected chi connectivity index (χ3v) is 8.36. The van der Waals surface area contributed by atoms with E-state index in [2.05, 4.69) is 42.3 Å². The molecule has 10 heteroatoms. The highest BCUT2D eigenvalue weighted by molar-refractivity contribution is 5.75. The van der Waals surface area contributed by atoms with Crippen molar-refractivity contribution in [3.63, 3.8) is 0 Å². The standard InChI is InChI=1S/2C15H32N2O2.2HI/c2*1-15(2,3)14(18)19-13-7-8-17(6)11-9-16(4,5)10-12-17;;/h2*7-13H2,1-6H3;2*1H/q2*+2;;/p-2. The molecule has 0 bridgehead atoms. The largest absolute Gasteiger partial charge is 1.00 e. The fourth-order valence-corrected chi connectivity index (χ4v) is 4.60. The molecule has 8 nitrogen and oxygen atoms in total. The number of halogens is 2. The van der Waals surface area contributed by atoms with E-state index in [0.717, 1.165) is 43.9 Å². The number of carbonyl (C=O) groups excluding carboxylic acids is 2. The molecule has 0 aliphatic carbocycles. The zero-order valence-corrected chi connectivity index (χ0v) is 32.4. The molecule has 0 amide bonds. The van der Waals surface area contributed by atoms with E-state index in [0.29, 0.717) is 13.2 Å². The lowest BCUT2D eigenvalue weighted by Gasteiger charge is -2.44. The molecule has 0 aromatic carbocycles. The number of hydrogen-bond donors (Lipinski definition) is 0. The Morgan fingerprint density at radius 1 is 0.525 bits per heavy atom. The summed E-state index contributed by atoms with van der Waals surface area (Å²) in [5.41, 5.74) is -0.768. The number of nitrogens with zero attached hydrogens (tertiary/aromatic N) is 4. The fraction of sp³-hybridized carbons (Fsp3) is 0.933. The summed E-state index contributed by atoms with van der Waals surface area (Å²) in [7, 11) is 13.8. The second-order valence-electron chi connectivity index (χ2n) is 15.8. The lowest BCUT2D eigenvalue weighted by Crippen LogP contribution is -3.00. The van der Waals surface area contributed by atoms with Crippen LogP contribution >= 0.6 is 0 Å². The highest BCUT2D eigenvalue weighted by atomic mass is 127. The van der Waals surface area contributed by atoms with Gasteiger partial charge in [0.1, 0.15) is 52.4 Å². The summed E-state index contributed by atoms with van der Waals surface area (Å²) in [6.07, 6.45) is 1.93. The Labute approximate surface area is 281 Å². The Morgan fingerprint density at radius 3 is 1.00 bits per heavy atom. The van der Waals surface area contributed by atoms with Gasteiger partial charge < -0.3 is 75.4 Å². The molecule has 2 aliphatic rings. The van der Waals surface area contributed by atoms with Crippen LogP contribution in [0.5, 0.6) is 0 Å². The van der Waals surface area contributed by atoms with Crippen molar-refractivity contribution in [1.82, 2.24) is 0 Å². The summed E-state index contributed by atoms with van der Waals surface area (Å²) in [4.78, 5) is 23.3. The molecule has 0 atom stereocenters. The van der Waals surface area contributed by atoms with Crippen molar-refractivity contribution in [2.24, 2.45) is 10.8 Å². The van der Waals surface area contributed by atoms with Crippen LogP contribution < -0.4 is 48.0 Å². The first-order valence-electron chi connectivity index (χ1n) is 14.7. The molecule has 0 spiro atoms. The zero-order valence-electron chi connectivity index (χ0n) is 28.1. The van der Waals surface area contributed by atoms with Crippen LogP contribution in [0.2, 0.25) is 0 Å². The van der Waals surface area contributed by atoms with Crippen LogP contribution in [0, 0.1) is 10.8 Å². The van der Waals surface area contributed by atoms with Crippen molar-refractivity contribution < 1.29 is 84.9 Å². The molecule has 0 radical (unpaired) electrons. The summed E-state index contributed by atoms with van der Waals surface area (Å²) < 4.78 is 15.2. The SMILES string of the molecule is CC(C)(C)C(=O)OCCC[N+]1(C)CC[N+](C)(C)CC1.CC(C)(C)C(=O)OCCC[N+]1(C)CC[N+](C)(C)CC1.[I-].[I-]. The number of likely N-dealkylation sites (N-methyl/N-ethyl adjacent to an activating group) is 4. The minimum absolute atomic E-state index is 0. The third kappa shape index (κ3) is 16.8. The topological polar surface area (TPSA) is 52.6 Å². The van der Waals surface area contributed by atoms with Crippen LogP contribution in [0.25, 0.3) is 0 Å². The number of piperazine rings is 2. The second-order valence-corrected chi connectivity index (χ2v) is 15.8. The van der Waals surface area contributed by atoms with Gasteiger partial charge in [0.25, 0.3) is 0 Å². The lowest BCUT2D eigenvalue weighted by molar-refractivity contribution is -1.01. The summed E-state index contributed by atoms with van der Waals surface area (Å²) in [5.74, 6) is -0.182. The van der Waals surface area contributed by atoms with Gasteiger partial charge in [-0.05, 0) is 41.5 Å². The van der Waals surface area contributed by atoms with Gasteiger partial charge in [-0.3, -0.25) is 9.59 Å².